The molecule has 0 saturated heterocycles. The van der Waals surface area contributed by atoms with Crippen molar-refractivity contribution in [2.24, 2.45) is 4.99 Å². The summed E-state index contributed by atoms with van der Waals surface area (Å²) in [6.45, 7) is 2.63. The van der Waals surface area contributed by atoms with Gasteiger partial charge in [-0.3, -0.25) is 20.2 Å². The lowest BCUT2D eigenvalue weighted by Crippen LogP contribution is -1.99. The summed E-state index contributed by atoms with van der Waals surface area (Å²) in [5.74, 6) is 0. The van der Waals surface area contributed by atoms with E-state index in [4.69, 9.17) is 0 Å². The normalized spacial score (nSPS) is 9.53. The Morgan fingerprint density at radius 1 is 1.24 bits per heavy atom. The first kappa shape index (κ1) is 12.5. The van der Waals surface area contributed by atoms with E-state index in [2.05, 4.69) is 4.99 Å². The molecule has 0 aliphatic carbocycles. The highest BCUT2D eigenvalue weighted by atomic mass is 16.6. The minimum Gasteiger partial charge on any atom is -0.258 e. The molecule has 0 unspecified atom stereocenters. The molecule has 17 heavy (non-hydrogen) atoms. The van der Waals surface area contributed by atoms with Crippen LogP contribution in [0.1, 0.15) is 11.1 Å². The number of aryl methyl sites for hydroxylation is 1. The molecule has 0 aromatic heterocycles. The zero-order valence-corrected chi connectivity index (χ0v) is 8.96. The molecule has 0 spiro atoms. The van der Waals surface area contributed by atoms with Crippen LogP contribution in [0.15, 0.2) is 11.1 Å². The van der Waals surface area contributed by atoms with E-state index < -0.39 is 15.5 Å². The van der Waals surface area contributed by atoms with Crippen molar-refractivity contribution in [1.82, 2.24) is 0 Å². The highest BCUT2D eigenvalue weighted by Gasteiger charge is 2.27. The molecule has 0 radical (unpaired) electrons. The van der Waals surface area contributed by atoms with Gasteiger partial charge in [-0.2, -0.15) is 4.99 Å². The third kappa shape index (κ3) is 2.16. The van der Waals surface area contributed by atoms with Crippen LogP contribution < -0.4 is 0 Å². The van der Waals surface area contributed by atoms with E-state index in [1.807, 2.05) is 0 Å². The monoisotopic (exact) mass is 237 g/mol. The average Bonchev–Trinajstić information content (AvgIpc) is 2.22. The third-order valence-corrected chi connectivity index (χ3v) is 2.23. The van der Waals surface area contributed by atoms with Gasteiger partial charge in [0, 0.05) is 6.07 Å². The van der Waals surface area contributed by atoms with Crippen molar-refractivity contribution in [3.63, 3.8) is 0 Å². The van der Waals surface area contributed by atoms with Crippen LogP contribution in [0.5, 0.6) is 0 Å². The van der Waals surface area contributed by atoms with E-state index in [0.717, 1.165) is 6.07 Å². The summed E-state index contributed by atoms with van der Waals surface area (Å²) in [6.07, 6.45) is 1.20. The Morgan fingerprint density at radius 3 is 2.24 bits per heavy atom. The Bertz CT molecular complexity index is 560. The fourth-order valence-corrected chi connectivity index (χ4v) is 1.47. The number of aliphatic imine (C=N–C) groups is 1. The van der Waals surface area contributed by atoms with E-state index in [0.29, 0.717) is 0 Å². The van der Waals surface area contributed by atoms with Gasteiger partial charge >= 0.3 is 5.69 Å². The van der Waals surface area contributed by atoms with Gasteiger partial charge < -0.3 is 0 Å². The molecule has 0 N–H and O–H groups in total. The third-order valence-electron chi connectivity index (χ3n) is 2.23. The van der Waals surface area contributed by atoms with Crippen molar-refractivity contribution in [2.75, 3.05) is 0 Å². The Morgan fingerprint density at radius 2 is 1.82 bits per heavy atom. The zero-order chi connectivity index (χ0) is 13.2. The molecule has 0 aliphatic rings. The smallest absolute Gasteiger partial charge is 0.258 e. The number of nitro benzene ring substituents is 2. The number of nitrogens with zero attached hydrogens (tertiary/aromatic N) is 3. The predicted octanol–water partition coefficient (Wildman–Crippen LogP) is 2.09. The molecule has 0 bridgehead atoms. The van der Waals surface area contributed by atoms with Crippen LogP contribution in [-0.4, -0.2) is 15.9 Å². The van der Waals surface area contributed by atoms with E-state index in [-0.39, 0.29) is 22.5 Å². The van der Waals surface area contributed by atoms with Gasteiger partial charge in [-0.25, -0.2) is 4.79 Å². The van der Waals surface area contributed by atoms with Crippen molar-refractivity contribution in [1.29, 1.82) is 0 Å². The van der Waals surface area contributed by atoms with Gasteiger partial charge in [0.2, 0.25) is 6.08 Å². The van der Waals surface area contributed by atoms with Gasteiger partial charge in [0.25, 0.3) is 5.69 Å². The summed E-state index contributed by atoms with van der Waals surface area (Å²) in [6, 6.07) is 1.14. The largest absolute Gasteiger partial charge is 0.305 e. The van der Waals surface area contributed by atoms with Crippen LogP contribution in [0.2, 0.25) is 0 Å². The molecule has 8 heteroatoms. The summed E-state index contributed by atoms with van der Waals surface area (Å²) in [5.41, 5.74) is -1.08. The molecule has 0 aliphatic heterocycles. The highest BCUT2D eigenvalue weighted by molar-refractivity contribution is 5.73. The first-order valence-corrected chi connectivity index (χ1v) is 4.41. The van der Waals surface area contributed by atoms with Crippen LogP contribution in [-0.2, 0) is 4.79 Å². The molecule has 88 valence electrons. The molecule has 1 aromatic rings. The molecule has 8 nitrogen and oxygen atoms in total. The van der Waals surface area contributed by atoms with Gasteiger partial charge in [-0.15, -0.1) is 0 Å². The minimum absolute atomic E-state index is 0.139. The average molecular weight is 237 g/mol. The Balaban J connectivity index is 3.77. The van der Waals surface area contributed by atoms with Crippen molar-refractivity contribution in [2.45, 2.75) is 13.8 Å². The second-order valence-corrected chi connectivity index (χ2v) is 3.25. The maximum atomic E-state index is 10.8. The molecular weight excluding hydrogens is 230 g/mol. The minimum atomic E-state index is -0.800. The summed E-state index contributed by atoms with van der Waals surface area (Å²) >= 11 is 0. The second-order valence-electron chi connectivity index (χ2n) is 3.25. The number of benzene rings is 1. The van der Waals surface area contributed by atoms with E-state index in [1.54, 1.807) is 0 Å². The zero-order valence-electron chi connectivity index (χ0n) is 8.96. The van der Waals surface area contributed by atoms with Crippen LogP contribution in [0, 0.1) is 34.1 Å². The SMILES string of the molecule is Cc1cc([N+](=O)[O-])c(C)c([N+](=O)[O-])c1N=C=O. The van der Waals surface area contributed by atoms with E-state index in [9.17, 15) is 25.0 Å². The molecule has 1 rings (SSSR count). The predicted molar refractivity (Wildman–Crippen MR) is 57.0 cm³/mol. The van der Waals surface area contributed by atoms with Crippen LogP contribution in [0.3, 0.4) is 0 Å². The van der Waals surface area contributed by atoms with Gasteiger partial charge in [-0.1, -0.05) is 0 Å². The summed E-state index contributed by atoms with van der Waals surface area (Å²) < 4.78 is 0. The maximum Gasteiger partial charge on any atom is 0.305 e. The topological polar surface area (TPSA) is 116 Å². The highest BCUT2D eigenvalue weighted by Crippen LogP contribution is 2.39. The lowest BCUT2D eigenvalue weighted by atomic mass is 10.1. The Hall–Kier alpha value is -2.60. The molecule has 0 fully saturated rings. The van der Waals surface area contributed by atoms with Gasteiger partial charge in [0.15, 0.2) is 5.69 Å². The van der Waals surface area contributed by atoms with Crippen LogP contribution >= 0.6 is 0 Å². The van der Waals surface area contributed by atoms with E-state index in [1.165, 1.54) is 19.9 Å². The Kier molecular flexibility index (Phi) is 3.30. The van der Waals surface area contributed by atoms with Gasteiger partial charge in [0.05, 0.1) is 9.85 Å². The summed E-state index contributed by atoms with van der Waals surface area (Å²) in [5, 5.41) is 21.5. The van der Waals surface area contributed by atoms with Crippen LogP contribution in [0.4, 0.5) is 17.1 Å². The van der Waals surface area contributed by atoms with E-state index >= 15 is 0 Å². The molecule has 0 atom stereocenters. The standard InChI is InChI=1S/C9H7N3O5/c1-5-3-7(11(14)15)6(2)9(12(16)17)8(5)10-4-13/h3H,1-2H3. The molecule has 0 saturated carbocycles. The first-order chi connectivity index (χ1) is 7.90. The lowest BCUT2D eigenvalue weighted by Gasteiger charge is -2.04. The van der Waals surface area contributed by atoms with Crippen molar-refractivity contribution >= 4 is 23.1 Å². The number of hydrogen-bond donors (Lipinski definition) is 0. The number of rotatable bonds is 3. The Labute approximate surface area is 94.9 Å². The van der Waals surface area contributed by atoms with Gasteiger partial charge in [-0.05, 0) is 19.4 Å². The number of nitro groups is 2. The molecule has 1 aromatic carbocycles. The number of isocyanates is 1. The lowest BCUT2D eigenvalue weighted by molar-refractivity contribution is -0.394. The number of hydrogen-bond acceptors (Lipinski definition) is 6. The molecule has 0 heterocycles. The van der Waals surface area contributed by atoms with Crippen LogP contribution in [0.25, 0.3) is 0 Å². The van der Waals surface area contributed by atoms with Crippen molar-refractivity contribution < 1.29 is 14.6 Å². The first-order valence-electron chi connectivity index (χ1n) is 4.41. The molecular formula is C9H7N3O5. The quantitative estimate of drug-likeness (QED) is 0.345. The second kappa shape index (κ2) is 4.50. The van der Waals surface area contributed by atoms with Crippen molar-refractivity contribution in [3.8, 4) is 0 Å². The fourth-order valence-electron chi connectivity index (χ4n) is 1.47. The summed E-state index contributed by atoms with van der Waals surface area (Å²) in [7, 11) is 0. The molecule has 0 amide bonds. The van der Waals surface area contributed by atoms with Crippen molar-refractivity contribution in [3.05, 3.63) is 37.4 Å². The number of carbonyl (C=O) groups excluding carboxylic acids is 1. The fraction of sp³-hybridized carbons (Fsp3) is 0.222. The maximum absolute atomic E-state index is 10.8. The van der Waals surface area contributed by atoms with Gasteiger partial charge in [0.1, 0.15) is 5.56 Å². The summed E-state index contributed by atoms with van der Waals surface area (Å²) in [4.78, 5) is 33.4.